The van der Waals surface area contributed by atoms with Crippen LogP contribution in [-0.2, 0) is 9.59 Å². The van der Waals surface area contributed by atoms with Gasteiger partial charge >= 0.3 is 69.5 Å². The fraction of sp³-hybridized carbons (Fsp3) is 0.667. The van der Waals surface area contributed by atoms with Gasteiger partial charge in [-0.2, -0.15) is 0 Å². The zero-order valence-corrected chi connectivity index (χ0v) is 18.4. The minimum absolute atomic E-state index is 0.149. The van der Waals surface area contributed by atoms with Crippen molar-refractivity contribution in [3.05, 3.63) is 23.3 Å². The summed E-state index contributed by atoms with van der Waals surface area (Å²) in [5.41, 5.74) is 0.556. The van der Waals surface area contributed by atoms with E-state index in [1.54, 1.807) is 22.7 Å². The third-order valence-corrected chi connectivity index (χ3v) is 6.96. The van der Waals surface area contributed by atoms with Gasteiger partial charge in [-0.1, -0.05) is 12.2 Å². The Hall–Kier alpha value is -0.781. The van der Waals surface area contributed by atoms with Gasteiger partial charge in [-0.15, -0.1) is 0 Å². The first-order chi connectivity index (χ1) is 10.8. The summed E-state index contributed by atoms with van der Waals surface area (Å²) in [5.74, 6) is -2.19. The van der Waals surface area contributed by atoms with Crippen LogP contribution in [0.25, 0.3) is 0 Å². The average Bonchev–Trinajstić information content (AvgIpc) is 2.54. The van der Waals surface area contributed by atoms with Crippen molar-refractivity contribution in [2.24, 2.45) is 0 Å². The van der Waals surface area contributed by atoms with E-state index in [-0.39, 0.29) is 32.3 Å². The molecule has 0 aromatic rings. The van der Waals surface area contributed by atoms with Crippen molar-refractivity contribution in [3.8, 4) is 0 Å². The van der Waals surface area contributed by atoms with Crippen molar-refractivity contribution < 1.29 is 19.8 Å². The van der Waals surface area contributed by atoms with E-state index in [1.807, 2.05) is 0 Å². The van der Waals surface area contributed by atoms with E-state index in [0.29, 0.717) is 0 Å². The van der Waals surface area contributed by atoms with Crippen molar-refractivity contribution in [3.63, 3.8) is 0 Å². The van der Waals surface area contributed by atoms with E-state index < -0.39 is 11.9 Å². The van der Waals surface area contributed by atoms with Crippen LogP contribution in [0.3, 0.4) is 0 Å². The molecule has 23 heavy (non-hydrogen) atoms. The van der Waals surface area contributed by atoms with Gasteiger partial charge in [-0.25, -0.2) is 0 Å². The summed E-state index contributed by atoms with van der Waals surface area (Å²) in [6.07, 6.45) is 8.83. The van der Waals surface area contributed by atoms with Crippen LogP contribution in [0.4, 0.5) is 0 Å². The molecule has 0 rings (SSSR count). The number of unbranched alkanes of at least 4 members (excludes halogenated alkanes) is 2. The number of hydrogen-bond donors (Lipinski definition) is 0. The van der Waals surface area contributed by atoms with Crippen molar-refractivity contribution in [1.29, 1.82) is 0 Å². The second-order valence-electron chi connectivity index (χ2n) is 4.98. The number of allylic oxidation sites excluding steroid dienone is 2. The third-order valence-electron chi connectivity index (χ3n) is 2.92. The van der Waals surface area contributed by atoms with Gasteiger partial charge in [0.1, 0.15) is 0 Å². The van der Waals surface area contributed by atoms with Gasteiger partial charge in [0.25, 0.3) is 0 Å². The van der Waals surface area contributed by atoms with E-state index in [9.17, 15) is 19.8 Å². The molecule has 0 radical (unpaired) electrons. The van der Waals surface area contributed by atoms with Crippen LogP contribution in [-0.4, -0.2) is 33.1 Å². The Balaban J connectivity index is -0.000000264. The molecule has 0 aliphatic rings. The fourth-order valence-electron chi connectivity index (χ4n) is 0.964. The zero-order chi connectivity index (χ0) is 18.7. The van der Waals surface area contributed by atoms with Crippen molar-refractivity contribution >= 4 is 33.1 Å². The molecule has 0 amide bonds. The Bertz CT molecular complexity index is 326. The standard InChI is InChI=1S/2C5H8O2.2C4H9.Sn/c2*1-3-4(2)5(6)7;2*1-3-4-2;/h2*3H,1-2H3,(H,6,7);2*1,3-4H2,2H3;/q;;;;+2/p-2/b2*4-3+;;;. The molecule has 0 aromatic heterocycles. The molecule has 0 heterocycles. The summed E-state index contributed by atoms with van der Waals surface area (Å²) in [6.45, 7) is 10.9. The number of aliphatic carboxylic acids is 2. The van der Waals surface area contributed by atoms with E-state index in [1.165, 1.54) is 51.7 Å². The Morgan fingerprint density at radius 3 is 1.26 bits per heavy atom. The second-order valence-corrected chi connectivity index (χ2v) is 9.26. The van der Waals surface area contributed by atoms with Crippen LogP contribution in [0.5, 0.6) is 0 Å². The Morgan fingerprint density at radius 1 is 0.826 bits per heavy atom. The van der Waals surface area contributed by atoms with Gasteiger partial charge < -0.3 is 19.8 Å². The fourth-order valence-corrected chi connectivity index (χ4v) is 5.12. The summed E-state index contributed by atoms with van der Waals surface area (Å²) in [5, 5.41) is 19.5. The van der Waals surface area contributed by atoms with Crippen LogP contribution in [0.2, 0.25) is 8.87 Å². The molecule has 0 atom stereocenters. The average molecular weight is 431 g/mol. The number of carbonyl (C=O) groups is 2. The molecule has 5 heteroatoms. The van der Waals surface area contributed by atoms with Crippen LogP contribution in [0.1, 0.15) is 67.2 Å². The minimum atomic E-state index is -1.09. The van der Waals surface area contributed by atoms with Crippen LogP contribution in [0.15, 0.2) is 23.3 Å². The predicted octanol–water partition coefficient (Wildman–Crippen LogP) is 2.53. The van der Waals surface area contributed by atoms with E-state index in [2.05, 4.69) is 13.8 Å². The van der Waals surface area contributed by atoms with E-state index >= 15 is 0 Å². The quantitative estimate of drug-likeness (QED) is 0.336. The molecule has 0 saturated carbocycles. The Labute approximate surface area is 152 Å². The van der Waals surface area contributed by atoms with Crippen LogP contribution < -0.4 is 10.2 Å². The predicted molar refractivity (Wildman–Crippen MR) is 94.1 cm³/mol. The SMILES string of the molecule is C/C=C(\C)C(=O)[O-].C/C=C(\C)C(=O)[O-].CCC[CH2][Sn+2][CH2]CCC. The monoisotopic (exact) mass is 432 g/mol. The van der Waals surface area contributed by atoms with Crippen molar-refractivity contribution in [2.45, 2.75) is 76.1 Å². The molecule has 0 aliphatic carbocycles. The van der Waals surface area contributed by atoms with Gasteiger partial charge in [0.2, 0.25) is 0 Å². The molecule has 0 aliphatic heterocycles. The first-order valence-electron chi connectivity index (χ1n) is 8.17. The maximum absolute atomic E-state index is 9.75. The van der Waals surface area contributed by atoms with Gasteiger partial charge in [0, 0.05) is 0 Å². The number of carboxylic acid groups (broad SMARTS) is 2. The number of carbonyl (C=O) groups excluding carboxylic acids is 2. The van der Waals surface area contributed by atoms with Gasteiger partial charge in [-0.05, 0) is 38.8 Å². The molecular weight excluding hydrogens is 399 g/mol. The van der Waals surface area contributed by atoms with Crippen molar-refractivity contribution in [1.82, 2.24) is 0 Å². The summed E-state index contributed by atoms with van der Waals surface area (Å²) in [6, 6.07) is 0. The van der Waals surface area contributed by atoms with Gasteiger partial charge in [0.15, 0.2) is 0 Å². The summed E-state index contributed by atoms with van der Waals surface area (Å²) < 4.78 is 3.25. The molecular formula is C18H32O4Sn. The summed E-state index contributed by atoms with van der Waals surface area (Å²) >= 11 is 0.149. The topological polar surface area (TPSA) is 80.3 Å². The molecule has 0 aromatic carbocycles. The molecule has 0 N–H and O–H groups in total. The number of hydrogen-bond acceptors (Lipinski definition) is 4. The third kappa shape index (κ3) is 26.4. The molecule has 0 spiro atoms. The summed E-state index contributed by atoms with van der Waals surface area (Å²) in [4.78, 5) is 19.5. The van der Waals surface area contributed by atoms with Gasteiger partial charge in [-0.3, -0.25) is 0 Å². The van der Waals surface area contributed by atoms with Crippen LogP contribution in [0, 0.1) is 0 Å². The second kappa shape index (κ2) is 21.2. The zero-order valence-electron chi connectivity index (χ0n) is 15.5. The first-order valence-corrected chi connectivity index (χ1v) is 12.2. The molecule has 0 fully saturated rings. The number of carboxylic acids is 2. The van der Waals surface area contributed by atoms with Gasteiger partial charge in [0.05, 0.1) is 11.9 Å². The van der Waals surface area contributed by atoms with E-state index in [0.717, 1.165) is 0 Å². The van der Waals surface area contributed by atoms with Crippen LogP contribution >= 0.6 is 0 Å². The van der Waals surface area contributed by atoms with E-state index in [4.69, 9.17) is 0 Å². The molecule has 132 valence electrons. The molecule has 0 bridgehead atoms. The molecule has 4 nitrogen and oxygen atoms in total. The molecule has 0 unspecified atom stereocenters. The number of rotatable bonds is 8. The summed E-state index contributed by atoms with van der Waals surface area (Å²) in [7, 11) is 0. The molecule has 0 saturated heterocycles. The first kappa shape index (κ1) is 27.1. The maximum atomic E-state index is 9.75. The normalized spacial score (nSPS) is 10.5. The Kier molecular flexibility index (Phi) is 25.0. The Morgan fingerprint density at radius 2 is 1.13 bits per heavy atom. The van der Waals surface area contributed by atoms with Crippen molar-refractivity contribution in [2.75, 3.05) is 0 Å².